The highest BCUT2D eigenvalue weighted by atomic mass is 32.2. The molecule has 224 valence electrons. The van der Waals surface area contributed by atoms with Crippen molar-refractivity contribution in [2.45, 2.75) is 50.7 Å². The second-order valence-corrected chi connectivity index (χ2v) is 11.9. The lowest BCUT2D eigenvalue weighted by Crippen LogP contribution is -2.53. The molecule has 1 N–H and O–H groups in total. The van der Waals surface area contributed by atoms with E-state index >= 15 is 0 Å². The third-order valence-corrected chi connectivity index (χ3v) is 8.35. The number of hydrogen-bond acceptors (Lipinski definition) is 6. The number of carbonyl (C=O) groups excluding carboxylic acids is 2. The standard InChI is InChI=1S/C30H33F2N3O6S/c1-4-26(30(37)33-20(2)3)34(18-21-5-7-22(31)8-6-21)29(36)19-35(24-11-9-23(32)10-12-24)42(38,39)25-13-14-27-28(17-25)41-16-15-40-27/h5-14,17,20,26H,4,15-16,18-19H2,1-3H3,(H,33,37). The molecule has 1 aliphatic heterocycles. The summed E-state index contributed by atoms with van der Waals surface area (Å²) < 4.78 is 67.4. The molecular formula is C30H33F2N3O6S. The molecule has 0 saturated carbocycles. The number of nitrogens with one attached hydrogen (secondary N) is 1. The van der Waals surface area contributed by atoms with Crippen molar-refractivity contribution in [2.24, 2.45) is 0 Å². The van der Waals surface area contributed by atoms with Gasteiger partial charge in [-0.05, 0) is 74.4 Å². The number of anilines is 1. The average Bonchev–Trinajstić information content (AvgIpc) is 2.96. The van der Waals surface area contributed by atoms with E-state index in [2.05, 4.69) is 5.32 Å². The molecule has 3 aromatic rings. The molecule has 0 aliphatic carbocycles. The van der Waals surface area contributed by atoms with Gasteiger partial charge >= 0.3 is 0 Å². The normalized spacial score (nSPS) is 13.4. The van der Waals surface area contributed by atoms with Crippen LogP contribution in [-0.4, -0.2) is 57.0 Å². The van der Waals surface area contributed by atoms with E-state index in [9.17, 15) is 26.8 Å². The van der Waals surface area contributed by atoms with Gasteiger partial charge in [-0.25, -0.2) is 17.2 Å². The lowest BCUT2D eigenvalue weighted by molar-refractivity contribution is -0.140. The number of carbonyl (C=O) groups is 2. The molecule has 4 rings (SSSR count). The van der Waals surface area contributed by atoms with E-state index < -0.39 is 46.1 Å². The highest BCUT2D eigenvalue weighted by Gasteiger charge is 2.34. The first-order valence-corrected chi connectivity index (χ1v) is 15.0. The van der Waals surface area contributed by atoms with Gasteiger partial charge < -0.3 is 19.7 Å². The summed E-state index contributed by atoms with van der Waals surface area (Å²) in [5.41, 5.74) is 0.588. The van der Waals surface area contributed by atoms with Gasteiger partial charge in [-0.15, -0.1) is 0 Å². The Labute approximate surface area is 244 Å². The Hall–Kier alpha value is -4.19. The molecule has 1 atom stereocenters. The summed E-state index contributed by atoms with van der Waals surface area (Å²) in [7, 11) is -4.40. The lowest BCUT2D eigenvalue weighted by atomic mass is 10.1. The van der Waals surface area contributed by atoms with Gasteiger partial charge in [0, 0.05) is 18.7 Å². The summed E-state index contributed by atoms with van der Waals surface area (Å²) in [6, 6.07) is 13.1. The topological polar surface area (TPSA) is 105 Å². The number of amides is 2. The van der Waals surface area contributed by atoms with Crippen molar-refractivity contribution >= 4 is 27.5 Å². The maximum absolute atomic E-state index is 14.0. The summed E-state index contributed by atoms with van der Waals surface area (Å²) in [4.78, 5) is 28.3. The van der Waals surface area contributed by atoms with Crippen LogP contribution >= 0.6 is 0 Å². The molecule has 1 unspecified atom stereocenters. The first kappa shape index (κ1) is 30.8. The first-order chi connectivity index (χ1) is 20.0. The van der Waals surface area contributed by atoms with Crippen LogP contribution in [0.15, 0.2) is 71.6 Å². The Morgan fingerprint density at radius 3 is 2.10 bits per heavy atom. The van der Waals surface area contributed by atoms with Crippen molar-refractivity contribution in [2.75, 3.05) is 24.1 Å². The third kappa shape index (κ3) is 7.17. The lowest BCUT2D eigenvalue weighted by Gasteiger charge is -2.33. The SMILES string of the molecule is CCC(C(=O)NC(C)C)N(Cc1ccc(F)cc1)C(=O)CN(c1ccc(F)cc1)S(=O)(=O)c1ccc2c(c1)OCCO2. The summed E-state index contributed by atoms with van der Waals surface area (Å²) >= 11 is 0. The van der Waals surface area contributed by atoms with Gasteiger partial charge in [0.1, 0.15) is 37.4 Å². The molecule has 0 spiro atoms. The molecule has 12 heteroatoms. The van der Waals surface area contributed by atoms with E-state index in [1.54, 1.807) is 20.8 Å². The molecule has 42 heavy (non-hydrogen) atoms. The van der Waals surface area contributed by atoms with Crippen LogP contribution < -0.4 is 19.1 Å². The fourth-order valence-electron chi connectivity index (χ4n) is 4.53. The van der Waals surface area contributed by atoms with E-state index in [0.29, 0.717) is 17.9 Å². The van der Waals surface area contributed by atoms with Crippen LogP contribution in [0.5, 0.6) is 11.5 Å². The number of rotatable bonds is 11. The van der Waals surface area contributed by atoms with Crippen LogP contribution in [0.3, 0.4) is 0 Å². The second-order valence-electron chi connectivity index (χ2n) is 10.0. The van der Waals surface area contributed by atoms with Crippen LogP contribution in [0.2, 0.25) is 0 Å². The predicted molar refractivity (Wildman–Crippen MR) is 153 cm³/mol. The average molecular weight is 602 g/mol. The molecule has 9 nitrogen and oxygen atoms in total. The monoisotopic (exact) mass is 601 g/mol. The molecule has 0 bridgehead atoms. The summed E-state index contributed by atoms with van der Waals surface area (Å²) in [5.74, 6) is -1.52. The van der Waals surface area contributed by atoms with Crippen molar-refractivity contribution in [3.63, 3.8) is 0 Å². The van der Waals surface area contributed by atoms with E-state index in [-0.39, 0.29) is 41.9 Å². The van der Waals surface area contributed by atoms with Crippen molar-refractivity contribution in [3.05, 3.63) is 83.9 Å². The Morgan fingerprint density at radius 2 is 1.50 bits per heavy atom. The number of hydrogen-bond donors (Lipinski definition) is 1. The molecule has 2 amide bonds. The summed E-state index contributed by atoms with van der Waals surface area (Å²) in [6.07, 6.45) is 0.233. The van der Waals surface area contributed by atoms with Crippen LogP contribution in [0.1, 0.15) is 32.8 Å². The Kier molecular flexibility index (Phi) is 9.66. The molecule has 0 radical (unpaired) electrons. The molecular weight excluding hydrogens is 568 g/mol. The molecule has 3 aromatic carbocycles. The number of fused-ring (bicyclic) bond motifs is 1. The minimum absolute atomic E-state index is 0.0426. The zero-order valence-corrected chi connectivity index (χ0v) is 24.4. The number of ether oxygens (including phenoxy) is 2. The van der Waals surface area contributed by atoms with Gasteiger partial charge in [0.05, 0.1) is 10.6 Å². The summed E-state index contributed by atoms with van der Waals surface area (Å²) in [5, 5.41) is 2.81. The van der Waals surface area contributed by atoms with Gasteiger partial charge in [0.15, 0.2) is 11.5 Å². The highest BCUT2D eigenvalue weighted by Crippen LogP contribution is 2.34. The van der Waals surface area contributed by atoms with Gasteiger partial charge in [-0.3, -0.25) is 13.9 Å². The zero-order chi connectivity index (χ0) is 30.4. The van der Waals surface area contributed by atoms with E-state index in [4.69, 9.17) is 9.47 Å². The summed E-state index contributed by atoms with van der Waals surface area (Å²) in [6.45, 7) is 5.09. The van der Waals surface area contributed by atoms with E-state index in [1.807, 2.05) is 0 Å². The number of nitrogens with zero attached hydrogens (tertiary/aromatic N) is 2. The number of benzene rings is 3. The van der Waals surface area contributed by atoms with Crippen molar-refractivity contribution < 1.29 is 36.3 Å². The predicted octanol–water partition coefficient (Wildman–Crippen LogP) is 4.26. The minimum atomic E-state index is -4.40. The Morgan fingerprint density at radius 1 is 0.905 bits per heavy atom. The van der Waals surface area contributed by atoms with Crippen molar-refractivity contribution in [1.82, 2.24) is 10.2 Å². The molecule has 0 aromatic heterocycles. The van der Waals surface area contributed by atoms with Crippen LogP contribution in [0.25, 0.3) is 0 Å². The van der Waals surface area contributed by atoms with Gasteiger partial charge in [0.2, 0.25) is 11.8 Å². The first-order valence-electron chi connectivity index (χ1n) is 13.5. The number of halogens is 2. The largest absolute Gasteiger partial charge is 0.486 e. The molecule has 0 saturated heterocycles. The van der Waals surface area contributed by atoms with Gasteiger partial charge in [-0.2, -0.15) is 0 Å². The number of sulfonamides is 1. The van der Waals surface area contributed by atoms with Crippen LogP contribution in [0, 0.1) is 11.6 Å². The Balaban J connectivity index is 1.74. The fourth-order valence-corrected chi connectivity index (χ4v) is 5.96. The molecule has 1 heterocycles. The van der Waals surface area contributed by atoms with Crippen molar-refractivity contribution in [3.8, 4) is 11.5 Å². The quantitative estimate of drug-likeness (QED) is 0.352. The molecule has 1 aliphatic rings. The fraction of sp³-hybridized carbons (Fsp3) is 0.333. The zero-order valence-electron chi connectivity index (χ0n) is 23.5. The third-order valence-electron chi connectivity index (χ3n) is 6.58. The van der Waals surface area contributed by atoms with Crippen LogP contribution in [-0.2, 0) is 26.2 Å². The smallest absolute Gasteiger partial charge is 0.264 e. The highest BCUT2D eigenvalue weighted by molar-refractivity contribution is 7.92. The maximum Gasteiger partial charge on any atom is 0.264 e. The van der Waals surface area contributed by atoms with Crippen LogP contribution in [0.4, 0.5) is 14.5 Å². The van der Waals surface area contributed by atoms with Gasteiger partial charge in [0.25, 0.3) is 10.0 Å². The Bertz CT molecular complexity index is 1510. The molecule has 0 fully saturated rings. The minimum Gasteiger partial charge on any atom is -0.486 e. The van der Waals surface area contributed by atoms with E-state index in [0.717, 1.165) is 16.4 Å². The van der Waals surface area contributed by atoms with E-state index in [1.165, 1.54) is 59.5 Å². The maximum atomic E-state index is 14.0. The second kappa shape index (κ2) is 13.2. The van der Waals surface area contributed by atoms with Crippen molar-refractivity contribution in [1.29, 1.82) is 0 Å². The van der Waals surface area contributed by atoms with Gasteiger partial charge in [-0.1, -0.05) is 19.1 Å².